The number of nitrogens with one attached hydrogen (secondary N) is 1. The molecule has 0 saturated heterocycles. The van der Waals surface area contributed by atoms with E-state index in [1.807, 2.05) is 0 Å². The summed E-state index contributed by atoms with van der Waals surface area (Å²) >= 11 is 0. The second-order valence-electron chi connectivity index (χ2n) is 5.41. The summed E-state index contributed by atoms with van der Waals surface area (Å²) in [6.45, 7) is 0. The fourth-order valence-electron chi connectivity index (χ4n) is 2.51. The summed E-state index contributed by atoms with van der Waals surface area (Å²) in [6, 6.07) is 2.23. The first-order chi connectivity index (χ1) is 10.5. The summed E-state index contributed by atoms with van der Waals surface area (Å²) in [5, 5.41) is 12.2. The molecule has 130 valence electrons. The number of aliphatic hydroxyl groups excluding tert-OH is 1. The summed E-state index contributed by atoms with van der Waals surface area (Å²) in [5.74, 6) is -1.28. The first-order valence-corrected chi connectivity index (χ1v) is 6.96. The molecule has 3 nitrogen and oxygen atoms in total. The predicted molar refractivity (Wildman–Crippen MR) is 70.0 cm³/mol. The second-order valence-corrected chi connectivity index (χ2v) is 5.41. The minimum absolute atomic E-state index is 0.0632. The van der Waals surface area contributed by atoms with Crippen molar-refractivity contribution in [2.45, 2.75) is 50.4 Å². The van der Waals surface area contributed by atoms with Crippen molar-refractivity contribution >= 4 is 5.69 Å². The molecule has 0 heterocycles. The van der Waals surface area contributed by atoms with Crippen LogP contribution in [-0.2, 0) is 6.18 Å². The van der Waals surface area contributed by atoms with Gasteiger partial charge in [0.05, 0.1) is 11.7 Å². The van der Waals surface area contributed by atoms with Crippen LogP contribution in [0.2, 0.25) is 0 Å². The van der Waals surface area contributed by atoms with Gasteiger partial charge in [0.2, 0.25) is 0 Å². The number of halogens is 6. The zero-order chi connectivity index (χ0) is 17.3. The SMILES string of the molecule is O[C@H]1CC[C@@H](Nc2ccc(OC(F)(F)F)c(C(F)(F)F)c2)CC1. The molecule has 0 atom stereocenters. The largest absolute Gasteiger partial charge is 0.573 e. The smallest absolute Gasteiger partial charge is 0.405 e. The Labute approximate surface area is 128 Å². The molecule has 2 rings (SSSR count). The highest BCUT2D eigenvalue weighted by Gasteiger charge is 2.39. The summed E-state index contributed by atoms with van der Waals surface area (Å²) < 4.78 is 78.8. The van der Waals surface area contributed by atoms with E-state index in [1.54, 1.807) is 0 Å². The Kier molecular flexibility index (Phi) is 4.98. The lowest BCUT2D eigenvalue weighted by atomic mass is 9.93. The van der Waals surface area contributed by atoms with Crippen molar-refractivity contribution in [3.05, 3.63) is 23.8 Å². The molecular weight excluding hydrogens is 328 g/mol. The highest BCUT2D eigenvalue weighted by atomic mass is 19.4. The summed E-state index contributed by atoms with van der Waals surface area (Å²) in [6.07, 6.45) is -8.39. The second kappa shape index (κ2) is 6.46. The van der Waals surface area contributed by atoms with Crippen molar-refractivity contribution in [2.24, 2.45) is 0 Å². The zero-order valence-corrected chi connectivity index (χ0v) is 11.8. The fourth-order valence-corrected chi connectivity index (χ4v) is 2.51. The van der Waals surface area contributed by atoms with Crippen LogP contribution < -0.4 is 10.1 Å². The van der Waals surface area contributed by atoms with E-state index in [-0.39, 0.29) is 11.7 Å². The third kappa shape index (κ3) is 5.19. The van der Waals surface area contributed by atoms with Gasteiger partial charge in [-0.1, -0.05) is 0 Å². The van der Waals surface area contributed by atoms with Gasteiger partial charge in [-0.25, -0.2) is 0 Å². The molecule has 1 fully saturated rings. The monoisotopic (exact) mass is 343 g/mol. The van der Waals surface area contributed by atoms with E-state index < -0.39 is 30.0 Å². The zero-order valence-electron chi connectivity index (χ0n) is 11.8. The molecule has 1 aromatic carbocycles. The van der Waals surface area contributed by atoms with Gasteiger partial charge in [0.15, 0.2) is 0 Å². The topological polar surface area (TPSA) is 41.5 Å². The first-order valence-electron chi connectivity index (χ1n) is 6.96. The standard InChI is InChI=1S/C14H15F6NO2/c15-13(16,17)11-7-9(3-6-12(11)23-14(18,19)20)21-8-1-4-10(22)5-2-8/h3,6-8,10,21-22H,1-2,4-5H2/t8-,10+. The molecule has 1 saturated carbocycles. The van der Waals surface area contributed by atoms with Gasteiger partial charge in [0.1, 0.15) is 5.75 Å². The van der Waals surface area contributed by atoms with Crippen LogP contribution >= 0.6 is 0 Å². The summed E-state index contributed by atoms with van der Waals surface area (Å²) in [4.78, 5) is 0. The van der Waals surface area contributed by atoms with Crippen molar-refractivity contribution in [1.82, 2.24) is 0 Å². The molecular formula is C14H15F6NO2. The lowest BCUT2D eigenvalue weighted by molar-refractivity contribution is -0.276. The van der Waals surface area contributed by atoms with Crippen LogP contribution in [0, 0.1) is 0 Å². The molecule has 1 aliphatic carbocycles. The van der Waals surface area contributed by atoms with Gasteiger partial charge in [-0.2, -0.15) is 13.2 Å². The number of alkyl halides is 6. The maximum absolute atomic E-state index is 12.9. The van der Waals surface area contributed by atoms with Gasteiger partial charge >= 0.3 is 12.5 Å². The lowest BCUT2D eigenvalue weighted by Crippen LogP contribution is -2.28. The highest BCUT2D eigenvalue weighted by Crippen LogP contribution is 2.40. The van der Waals surface area contributed by atoms with Crippen molar-refractivity contribution < 1.29 is 36.2 Å². The average Bonchev–Trinajstić information content (AvgIpc) is 2.40. The molecule has 0 amide bonds. The van der Waals surface area contributed by atoms with Gasteiger partial charge in [0, 0.05) is 11.7 Å². The summed E-state index contributed by atoms with van der Waals surface area (Å²) in [7, 11) is 0. The van der Waals surface area contributed by atoms with Crippen LogP contribution in [0.3, 0.4) is 0 Å². The van der Waals surface area contributed by atoms with E-state index in [1.165, 1.54) is 0 Å². The third-order valence-electron chi connectivity index (χ3n) is 3.58. The molecule has 2 N–H and O–H groups in total. The minimum Gasteiger partial charge on any atom is -0.405 e. The molecule has 0 radical (unpaired) electrons. The maximum Gasteiger partial charge on any atom is 0.573 e. The van der Waals surface area contributed by atoms with Gasteiger partial charge in [-0.05, 0) is 43.9 Å². The molecule has 0 aliphatic heterocycles. The Bertz CT molecular complexity index is 535. The number of hydrogen-bond donors (Lipinski definition) is 2. The maximum atomic E-state index is 12.9. The van der Waals surface area contributed by atoms with E-state index in [4.69, 9.17) is 0 Å². The van der Waals surface area contributed by atoms with Crippen LogP contribution in [0.1, 0.15) is 31.2 Å². The summed E-state index contributed by atoms with van der Waals surface area (Å²) in [5.41, 5.74) is -1.43. The van der Waals surface area contributed by atoms with Crippen LogP contribution in [0.25, 0.3) is 0 Å². The third-order valence-corrected chi connectivity index (χ3v) is 3.58. The van der Waals surface area contributed by atoms with Crippen LogP contribution in [0.15, 0.2) is 18.2 Å². The normalized spacial score (nSPS) is 22.7. The molecule has 1 aliphatic rings. The van der Waals surface area contributed by atoms with Crippen molar-refractivity contribution in [1.29, 1.82) is 0 Å². The molecule has 0 bridgehead atoms. The number of benzene rings is 1. The Morgan fingerprint density at radius 2 is 1.61 bits per heavy atom. The predicted octanol–water partition coefficient (Wildman–Crippen LogP) is 4.32. The van der Waals surface area contributed by atoms with Crippen molar-refractivity contribution in [3.8, 4) is 5.75 Å². The number of aliphatic hydroxyl groups is 1. The fraction of sp³-hybridized carbons (Fsp3) is 0.571. The minimum atomic E-state index is -5.20. The van der Waals surface area contributed by atoms with Gasteiger partial charge in [-0.15, -0.1) is 13.2 Å². The number of hydrogen-bond acceptors (Lipinski definition) is 3. The van der Waals surface area contributed by atoms with E-state index >= 15 is 0 Å². The Morgan fingerprint density at radius 3 is 2.13 bits per heavy atom. The van der Waals surface area contributed by atoms with Gasteiger partial charge < -0.3 is 15.2 Å². The van der Waals surface area contributed by atoms with Crippen LogP contribution in [-0.4, -0.2) is 23.6 Å². The van der Waals surface area contributed by atoms with Crippen molar-refractivity contribution in [2.75, 3.05) is 5.32 Å². The number of anilines is 1. The first kappa shape index (κ1) is 17.7. The van der Waals surface area contributed by atoms with E-state index in [0.717, 1.165) is 6.07 Å². The van der Waals surface area contributed by atoms with E-state index in [0.29, 0.717) is 37.8 Å². The van der Waals surface area contributed by atoms with Crippen molar-refractivity contribution in [3.63, 3.8) is 0 Å². The Hall–Kier alpha value is -1.64. The highest BCUT2D eigenvalue weighted by molar-refractivity contribution is 5.53. The van der Waals surface area contributed by atoms with Gasteiger partial charge in [-0.3, -0.25) is 0 Å². The van der Waals surface area contributed by atoms with E-state index in [2.05, 4.69) is 10.1 Å². The molecule has 1 aromatic rings. The Morgan fingerprint density at radius 1 is 1.00 bits per heavy atom. The molecule has 0 unspecified atom stereocenters. The quantitative estimate of drug-likeness (QED) is 0.803. The number of rotatable bonds is 3. The van der Waals surface area contributed by atoms with E-state index in [9.17, 15) is 31.4 Å². The molecule has 0 aromatic heterocycles. The molecule has 23 heavy (non-hydrogen) atoms. The van der Waals surface area contributed by atoms with Crippen LogP contribution in [0.4, 0.5) is 32.0 Å². The molecule has 0 spiro atoms. The Balaban J connectivity index is 2.19. The van der Waals surface area contributed by atoms with Gasteiger partial charge in [0.25, 0.3) is 0 Å². The lowest BCUT2D eigenvalue weighted by Gasteiger charge is -2.27. The molecule has 9 heteroatoms. The number of ether oxygens (including phenoxy) is 1. The van der Waals surface area contributed by atoms with Crippen LogP contribution in [0.5, 0.6) is 5.75 Å². The average molecular weight is 343 g/mol.